The predicted molar refractivity (Wildman–Crippen MR) is 124 cm³/mol. The Bertz CT molecular complexity index is 1050. The van der Waals surface area contributed by atoms with Gasteiger partial charge in [-0.15, -0.1) is 11.3 Å². The van der Waals surface area contributed by atoms with E-state index >= 15 is 0 Å². The number of aliphatic hydroxyl groups is 1. The molecule has 0 saturated heterocycles. The van der Waals surface area contributed by atoms with Crippen LogP contribution in [0, 0.1) is 5.92 Å². The van der Waals surface area contributed by atoms with Gasteiger partial charge in [0.25, 0.3) is 5.91 Å². The maximum atomic E-state index is 14.0. The summed E-state index contributed by atoms with van der Waals surface area (Å²) in [4.78, 5) is 21.3. The van der Waals surface area contributed by atoms with Crippen LogP contribution in [-0.2, 0) is 0 Å². The third-order valence-electron chi connectivity index (χ3n) is 4.66. The van der Waals surface area contributed by atoms with Crippen LogP contribution in [0.25, 0.3) is 10.2 Å². The maximum absolute atomic E-state index is 14.0. The number of fused-ring (bicyclic) bond motifs is 1. The number of nitrogens with one attached hydrogen (secondary N) is 3. The number of nitrogens with zero attached hydrogens (tertiary/aromatic N) is 2. The molecule has 0 spiro atoms. The fourth-order valence-electron chi connectivity index (χ4n) is 2.77. The summed E-state index contributed by atoms with van der Waals surface area (Å²) in [7, 11) is 0. The Labute approximate surface area is 185 Å². The maximum Gasteiger partial charge on any atom is 0.255 e. The summed E-state index contributed by atoms with van der Waals surface area (Å²) in [6.45, 7) is 7.23. The van der Waals surface area contributed by atoms with Gasteiger partial charge < -0.3 is 21.1 Å². The smallest absolute Gasteiger partial charge is 0.255 e. The highest BCUT2D eigenvalue weighted by molar-refractivity contribution is 7.16. The van der Waals surface area contributed by atoms with E-state index in [1.807, 2.05) is 18.2 Å². The Hall–Kier alpha value is -2.78. The summed E-state index contributed by atoms with van der Waals surface area (Å²) in [6, 6.07) is 7.61. The van der Waals surface area contributed by atoms with E-state index < -0.39 is 17.7 Å². The number of alkyl halides is 1. The van der Waals surface area contributed by atoms with Gasteiger partial charge in [0.1, 0.15) is 12.0 Å². The van der Waals surface area contributed by atoms with E-state index in [1.54, 1.807) is 22.9 Å². The number of anilines is 3. The van der Waals surface area contributed by atoms with Crippen LogP contribution in [-0.4, -0.2) is 45.8 Å². The fourth-order valence-corrected chi connectivity index (χ4v) is 3.49. The zero-order valence-corrected chi connectivity index (χ0v) is 18.9. The number of pyridine rings is 1. The van der Waals surface area contributed by atoms with Crippen LogP contribution in [0.4, 0.5) is 21.6 Å². The van der Waals surface area contributed by atoms with E-state index in [2.05, 4.69) is 39.8 Å². The summed E-state index contributed by atoms with van der Waals surface area (Å²) in [5.41, 5.74) is 2.98. The lowest BCUT2D eigenvalue weighted by Gasteiger charge is -2.22. The lowest BCUT2D eigenvalue weighted by molar-refractivity contribution is -0.00177. The molecular weight excluding hydrogens is 417 g/mol. The van der Waals surface area contributed by atoms with Crippen molar-refractivity contribution < 1.29 is 14.3 Å². The monoisotopic (exact) mass is 445 g/mol. The first-order valence-electron chi connectivity index (χ1n) is 10.1. The van der Waals surface area contributed by atoms with Gasteiger partial charge in [-0.3, -0.25) is 4.79 Å². The molecule has 7 nitrogen and oxygen atoms in total. The van der Waals surface area contributed by atoms with Gasteiger partial charge in [-0.05, 0) is 38.0 Å². The molecule has 2 aromatic heterocycles. The van der Waals surface area contributed by atoms with Crippen molar-refractivity contribution in [3.05, 3.63) is 41.5 Å². The molecule has 0 aliphatic heterocycles. The molecule has 9 heteroatoms. The molecule has 0 bridgehead atoms. The van der Waals surface area contributed by atoms with Crippen LogP contribution in [0.15, 0.2) is 36.0 Å². The number of thiazole rings is 1. The molecule has 166 valence electrons. The van der Waals surface area contributed by atoms with E-state index in [0.29, 0.717) is 29.5 Å². The molecule has 2 heterocycles. The zero-order chi connectivity index (χ0) is 22.6. The van der Waals surface area contributed by atoms with Gasteiger partial charge in [0.2, 0.25) is 0 Å². The summed E-state index contributed by atoms with van der Waals surface area (Å²) < 4.78 is 15.1. The number of hydrogen-bond acceptors (Lipinski definition) is 7. The van der Waals surface area contributed by atoms with Crippen molar-refractivity contribution in [2.75, 3.05) is 23.7 Å². The van der Waals surface area contributed by atoms with Gasteiger partial charge in [0.15, 0.2) is 0 Å². The molecule has 1 atom stereocenters. The van der Waals surface area contributed by atoms with Gasteiger partial charge in [-0.25, -0.2) is 14.4 Å². The van der Waals surface area contributed by atoms with Gasteiger partial charge in [0, 0.05) is 24.5 Å². The Morgan fingerprint density at radius 3 is 2.71 bits per heavy atom. The zero-order valence-electron chi connectivity index (χ0n) is 18.1. The summed E-state index contributed by atoms with van der Waals surface area (Å²) in [5, 5.41) is 18.8. The van der Waals surface area contributed by atoms with Crippen molar-refractivity contribution >= 4 is 44.7 Å². The Balaban J connectivity index is 1.79. The number of rotatable bonds is 9. The van der Waals surface area contributed by atoms with Gasteiger partial charge in [-0.1, -0.05) is 13.8 Å². The molecule has 31 heavy (non-hydrogen) atoms. The topological polar surface area (TPSA) is 99.2 Å². The Kier molecular flexibility index (Phi) is 7.07. The molecule has 1 amide bonds. The Morgan fingerprint density at radius 2 is 2.00 bits per heavy atom. The van der Waals surface area contributed by atoms with Crippen LogP contribution < -0.4 is 16.0 Å². The second-order valence-electron chi connectivity index (χ2n) is 8.38. The molecule has 1 aromatic carbocycles. The second-order valence-corrected chi connectivity index (χ2v) is 9.27. The van der Waals surface area contributed by atoms with Crippen LogP contribution in [0.3, 0.4) is 0 Å². The standard InChI is InChI=1S/C22H28FN5O2S/c1-13(2)9-24-17-8-20(28-14-5-6-16-18(7-14)31-12-27-16)25-10-15(17)21(29)26-11-19(23)22(3,4)30/h5-8,10,12-13,19,30H,9,11H2,1-4H3,(H,26,29)(H2,24,25,28)/t19-/m1/s1. The highest BCUT2D eigenvalue weighted by Gasteiger charge is 2.27. The van der Waals surface area contributed by atoms with Crippen molar-refractivity contribution in [3.63, 3.8) is 0 Å². The average molecular weight is 446 g/mol. The lowest BCUT2D eigenvalue weighted by Crippen LogP contribution is -2.42. The molecule has 3 rings (SSSR count). The minimum atomic E-state index is -1.58. The van der Waals surface area contributed by atoms with Crippen LogP contribution in [0.5, 0.6) is 0 Å². The molecule has 3 aromatic rings. The first-order chi connectivity index (χ1) is 14.6. The van der Waals surface area contributed by atoms with Crippen LogP contribution in [0.2, 0.25) is 0 Å². The molecule has 0 unspecified atom stereocenters. The third-order valence-corrected chi connectivity index (χ3v) is 5.45. The van der Waals surface area contributed by atoms with Crippen LogP contribution >= 0.6 is 11.3 Å². The molecule has 0 aliphatic carbocycles. The third kappa shape index (κ3) is 6.11. The minimum absolute atomic E-state index is 0.291. The van der Waals surface area contributed by atoms with Crippen LogP contribution in [0.1, 0.15) is 38.1 Å². The minimum Gasteiger partial charge on any atom is -0.387 e. The number of carbonyl (C=O) groups is 1. The molecule has 0 aliphatic rings. The normalized spacial score (nSPS) is 12.7. The highest BCUT2D eigenvalue weighted by Crippen LogP contribution is 2.26. The Morgan fingerprint density at radius 1 is 1.23 bits per heavy atom. The van der Waals surface area contributed by atoms with Crippen molar-refractivity contribution in [2.45, 2.75) is 39.5 Å². The quantitative estimate of drug-likeness (QED) is 0.391. The van der Waals surface area contributed by atoms with E-state index in [0.717, 1.165) is 15.9 Å². The molecule has 0 fully saturated rings. The number of aromatic nitrogens is 2. The number of carbonyl (C=O) groups excluding carboxylic acids is 1. The van der Waals surface area contributed by atoms with E-state index in [9.17, 15) is 14.3 Å². The van der Waals surface area contributed by atoms with E-state index in [-0.39, 0.29) is 6.54 Å². The van der Waals surface area contributed by atoms with Crippen molar-refractivity contribution in [2.24, 2.45) is 5.92 Å². The molecule has 0 radical (unpaired) electrons. The first-order valence-corrected chi connectivity index (χ1v) is 11.0. The van der Waals surface area contributed by atoms with Crippen molar-refractivity contribution in [1.82, 2.24) is 15.3 Å². The summed E-state index contributed by atoms with van der Waals surface area (Å²) in [6.07, 6.45) is -0.123. The summed E-state index contributed by atoms with van der Waals surface area (Å²) in [5.74, 6) is 0.481. The van der Waals surface area contributed by atoms with E-state index in [1.165, 1.54) is 20.0 Å². The molecule has 0 saturated carbocycles. The SMILES string of the molecule is CC(C)CNc1cc(Nc2ccc3ncsc3c2)ncc1C(=O)NC[C@@H](F)C(C)(C)O. The number of hydrogen-bond donors (Lipinski definition) is 4. The highest BCUT2D eigenvalue weighted by atomic mass is 32.1. The number of benzene rings is 1. The van der Waals surface area contributed by atoms with Gasteiger partial charge in [0.05, 0.1) is 39.1 Å². The number of amides is 1. The average Bonchev–Trinajstić information content (AvgIpc) is 3.17. The molecular formula is C22H28FN5O2S. The fraction of sp³-hybridized carbons (Fsp3) is 0.409. The van der Waals surface area contributed by atoms with Crippen molar-refractivity contribution in [3.8, 4) is 0 Å². The van der Waals surface area contributed by atoms with Gasteiger partial charge in [-0.2, -0.15) is 0 Å². The predicted octanol–water partition coefficient (Wildman–Crippen LogP) is 4.34. The largest absolute Gasteiger partial charge is 0.387 e. The van der Waals surface area contributed by atoms with Crippen molar-refractivity contribution in [1.29, 1.82) is 0 Å². The van der Waals surface area contributed by atoms with Gasteiger partial charge >= 0.3 is 0 Å². The molecule has 4 N–H and O–H groups in total. The van der Waals surface area contributed by atoms with E-state index in [4.69, 9.17) is 0 Å². The number of halogens is 1. The lowest BCUT2D eigenvalue weighted by atomic mass is 10.0. The summed E-state index contributed by atoms with van der Waals surface area (Å²) >= 11 is 1.56. The second kappa shape index (κ2) is 9.57. The first kappa shape index (κ1) is 22.9.